The third-order valence-electron chi connectivity index (χ3n) is 13.2. The Hall–Kier alpha value is -7.28. The first-order valence-corrected chi connectivity index (χ1v) is 20.7. The molecule has 276 valence electrons. The summed E-state index contributed by atoms with van der Waals surface area (Å²) in [6.07, 6.45) is 0. The van der Waals surface area contributed by atoms with Gasteiger partial charge in [-0.1, -0.05) is 196 Å². The molecule has 0 radical (unpaired) electrons. The Morgan fingerprint density at radius 3 is 1.47 bits per heavy atom. The summed E-state index contributed by atoms with van der Waals surface area (Å²) in [7, 11) is 0. The topological polar surface area (TPSA) is 0 Å². The van der Waals surface area contributed by atoms with Gasteiger partial charge in [-0.25, -0.2) is 0 Å². The molecule has 12 rings (SSSR count). The van der Waals surface area contributed by atoms with Crippen molar-refractivity contribution in [1.29, 1.82) is 0 Å². The zero-order valence-electron chi connectivity index (χ0n) is 33.1. The van der Waals surface area contributed by atoms with E-state index in [0.29, 0.717) is 0 Å². The van der Waals surface area contributed by atoms with Crippen molar-refractivity contribution >= 4 is 53.9 Å². The van der Waals surface area contributed by atoms with E-state index < -0.39 is 0 Å². The van der Waals surface area contributed by atoms with Gasteiger partial charge in [0.2, 0.25) is 0 Å². The highest BCUT2D eigenvalue weighted by Gasteiger charge is 2.35. The van der Waals surface area contributed by atoms with E-state index >= 15 is 0 Å². The molecule has 0 atom stereocenters. The first-order chi connectivity index (χ1) is 29.0. The second-order valence-corrected chi connectivity index (χ2v) is 16.8. The SMILES string of the molecule is CC1(C)c2ccccc2-c2ccc(-c3c4ccccc4c(-c4ccc(-c5ccc6ccccc6c5)c5ccccc45)c4ccc(-c5ccc6ccccc6c5)cc34)cc21. The monoisotopic (exact) mass is 748 g/mol. The number of hydrogen-bond donors (Lipinski definition) is 0. The lowest BCUT2D eigenvalue weighted by Gasteiger charge is -2.23. The van der Waals surface area contributed by atoms with Crippen LogP contribution in [0.2, 0.25) is 0 Å². The quantitative estimate of drug-likeness (QED) is 0.157. The first kappa shape index (κ1) is 33.8. The molecule has 11 aromatic rings. The molecule has 0 heteroatoms. The molecule has 1 aliphatic carbocycles. The Labute approximate surface area is 344 Å². The highest BCUT2D eigenvalue weighted by molar-refractivity contribution is 6.24. The van der Waals surface area contributed by atoms with Crippen molar-refractivity contribution in [2.24, 2.45) is 0 Å². The van der Waals surface area contributed by atoms with Gasteiger partial charge in [-0.15, -0.1) is 0 Å². The largest absolute Gasteiger partial charge is 0.0619 e. The van der Waals surface area contributed by atoms with Crippen LogP contribution in [0.4, 0.5) is 0 Å². The van der Waals surface area contributed by atoms with E-state index in [-0.39, 0.29) is 5.41 Å². The number of fused-ring (bicyclic) bond motifs is 8. The van der Waals surface area contributed by atoms with Gasteiger partial charge in [0, 0.05) is 5.41 Å². The van der Waals surface area contributed by atoms with Crippen LogP contribution in [0.5, 0.6) is 0 Å². The molecule has 0 aromatic heterocycles. The van der Waals surface area contributed by atoms with Gasteiger partial charge in [0.25, 0.3) is 0 Å². The molecule has 0 spiro atoms. The number of rotatable bonds is 4. The van der Waals surface area contributed by atoms with Crippen LogP contribution in [-0.4, -0.2) is 0 Å². The van der Waals surface area contributed by atoms with E-state index in [1.54, 1.807) is 0 Å². The molecule has 0 amide bonds. The standard InChI is InChI=1S/C59H40/c1-59(2)55-22-12-11-19-48(55)49-29-28-44(36-56(49)59)57-50-20-9-10-21-51(50)58(53-30-27-42(35-54(53)57)41-25-23-37-13-3-5-15-39(37)33-41)52-32-31-45(46-17-7-8-18-47(46)52)43-26-24-38-14-4-6-16-40(38)34-43/h3-36H,1-2H3. The molecule has 0 saturated heterocycles. The van der Waals surface area contributed by atoms with Gasteiger partial charge >= 0.3 is 0 Å². The molecule has 0 N–H and O–H groups in total. The van der Waals surface area contributed by atoms with Gasteiger partial charge < -0.3 is 0 Å². The normalized spacial score (nSPS) is 13.1. The molecular weight excluding hydrogens is 709 g/mol. The Morgan fingerprint density at radius 2 is 0.729 bits per heavy atom. The van der Waals surface area contributed by atoms with E-state index in [9.17, 15) is 0 Å². The van der Waals surface area contributed by atoms with E-state index in [1.165, 1.54) is 121 Å². The maximum Gasteiger partial charge on any atom is 0.0159 e. The van der Waals surface area contributed by atoms with Crippen molar-refractivity contribution in [2.75, 3.05) is 0 Å². The first-order valence-electron chi connectivity index (χ1n) is 20.7. The minimum atomic E-state index is -0.102. The van der Waals surface area contributed by atoms with Gasteiger partial charge in [-0.3, -0.25) is 0 Å². The minimum Gasteiger partial charge on any atom is -0.0619 e. The molecule has 0 fully saturated rings. The molecule has 0 unspecified atom stereocenters. The molecule has 59 heavy (non-hydrogen) atoms. The fourth-order valence-electron chi connectivity index (χ4n) is 10.3. The van der Waals surface area contributed by atoms with Gasteiger partial charge in [0.1, 0.15) is 0 Å². The summed E-state index contributed by atoms with van der Waals surface area (Å²) in [6.45, 7) is 4.76. The predicted octanol–water partition coefficient (Wildman–Crippen LogP) is 16.4. The maximum atomic E-state index is 2.49. The smallest absolute Gasteiger partial charge is 0.0159 e. The van der Waals surface area contributed by atoms with Crippen molar-refractivity contribution in [3.05, 3.63) is 217 Å². The summed E-state index contributed by atoms with van der Waals surface area (Å²) >= 11 is 0. The molecule has 0 bridgehead atoms. The zero-order chi connectivity index (χ0) is 39.2. The minimum absolute atomic E-state index is 0.102. The third kappa shape index (κ3) is 5.16. The molecule has 0 nitrogen and oxygen atoms in total. The zero-order valence-corrected chi connectivity index (χ0v) is 33.1. The summed E-state index contributed by atoms with van der Waals surface area (Å²) in [5, 5.41) is 12.6. The molecule has 0 heterocycles. The lowest BCUT2D eigenvalue weighted by atomic mass is 9.80. The molecule has 1 aliphatic rings. The van der Waals surface area contributed by atoms with Crippen LogP contribution in [0.3, 0.4) is 0 Å². The fraction of sp³-hybridized carbons (Fsp3) is 0.0508. The van der Waals surface area contributed by atoms with Gasteiger partial charge in [-0.2, -0.15) is 0 Å². The highest BCUT2D eigenvalue weighted by Crippen LogP contribution is 2.52. The van der Waals surface area contributed by atoms with Crippen LogP contribution in [-0.2, 0) is 5.41 Å². The summed E-state index contributed by atoms with van der Waals surface area (Å²) in [5.74, 6) is 0. The second kappa shape index (κ2) is 12.9. The third-order valence-corrected chi connectivity index (χ3v) is 13.2. The highest BCUT2D eigenvalue weighted by atomic mass is 14.4. The lowest BCUT2D eigenvalue weighted by molar-refractivity contribution is 0.660. The maximum absolute atomic E-state index is 2.49. The number of hydrogen-bond acceptors (Lipinski definition) is 0. The lowest BCUT2D eigenvalue weighted by Crippen LogP contribution is -2.14. The Bertz CT molecular complexity index is 3530. The van der Waals surface area contributed by atoms with Crippen LogP contribution < -0.4 is 0 Å². The fourth-order valence-corrected chi connectivity index (χ4v) is 10.3. The van der Waals surface area contributed by atoms with Crippen molar-refractivity contribution in [1.82, 2.24) is 0 Å². The Morgan fingerprint density at radius 1 is 0.254 bits per heavy atom. The summed E-state index contributed by atoms with van der Waals surface area (Å²) in [5.41, 5.74) is 15.4. The van der Waals surface area contributed by atoms with E-state index in [2.05, 4.69) is 220 Å². The second-order valence-electron chi connectivity index (χ2n) is 16.8. The van der Waals surface area contributed by atoms with Crippen molar-refractivity contribution in [3.63, 3.8) is 0 Å². The van der Waals surface area contributed by atoms with Crippen LogP contribution >= 0.6 is 0 Å². The average molecular weight is 749 g/mol. The van der Waals surface area contributed by atoms with Crippen molar-refractivity contribution < 1.29 is 0 Å². The predicted molar refractivity (Wildman–Crippen MR) is 253 cm³/mol. The Balaban J connectivity index is 1.15. The van der Waals surface area contributed by atoms with E-state index in [0.717, 1.165) is 0 Å². The van der Waals surface area contributed by atoms with Crippen LogP contribution in [0, 0.1) is 0 Å². The van der Waals surface area contributed by atoms with Crippen LogP contribution in [0.15, 0.2) is 206 Å². The summed E-state index contributed by atoms with van der Waals surface area (Å²) < 4.78 is 0. The van der Waals surface area contributed by atoms with E-state index in [1.807, 2.05) is 0 Å². The molecule has 11 aromatic carbocycles. The summed E-state index contributed by atoms with van der Waals surface area (Å²) in [4.78, 5) is 0. The summed E-state index contributed by atoms with van der Waals surface area (Å²) in [6, 6.07) is 77.2. The van der Waals surface area contributed by atoms with Gasteiger partial charge in [0.15, 0.2) is 0 Å². The van der Waals surface area contributed by atoms with E-state index in [4.69, 9.17) is 0 Å². The van der Waals surface area contributed by atoms with Gasteiger partial charge in [0.05, 0.1) is 0 Å². The number of benzene rings is 11. The van der Waals surface area contributed by atoms with Crippen molar-refractivity contribution in [2.45, 2.75) is 19.3 Å². The van der Waals surface area contributed by atoms with Crippen molar-refractivity contribution in [3.8, 4) is 55.6 Å². The van der Waals surface area contributed by atoms with Gasteiger partial charge in [-0.05, 0) is 145 Å². The molecule has 0 aliphatic heterocycles. The molecular formula is C59H40. The van der Waals surface area contributed by atoms with Crippen LogP contribution in [0.1, 0.15) is 25.0 Å². The van der Waals surface area contributed by atoms with Crippen LogP contribution in [0.25, 0.3) is 109 Å². The molecule has 0 saturated carbocycles. The average Bonchev–Trinajstić information content (AvgIpc) is 3.52. The Kier molecular flexibility index (Phi) is 7.38.